The summed E-state index contributed by atoms with van der Waals surface area (Å²) >= 11 is 0. The van der Waals surface area contributed by atoms with Crippen molar-refractivity contribution < 1.29 is 9.84 Å². The average Bonchev–Trinajstić information content (AvgIpc) is 2.48. The zero-order valence-electron chi connectivity index (χ0n) is 11.8. The molecule has 112 valence electrons. The van der Waals surface area contributed by atoms with Crippen molar-refractivity contribution in [2.45, 2.75) is 19.6 Å². The van der Waals surface area contributed by atoms with Crippen LogP contribution in [0.1, 0.15) is 24.3 Å². The van der Waals surface area contributed by atoms with Gasteiger partial charge in [-0.1, -0.05) is 30.3 Å². The van der Waals surface area contributed by atoms with Crippen LogP contribution in [0.4, 0.5) is 0 Å². The Hall–Kier alpha value is -2.18. The summed E-state index contributed by atoms with van der Waals surface area (Å²) in [5.74, 6) is 0. The van der Waals surface area contributed by atoms with Gasteiger partial charge in [-0.3, -0.25) is 14.3 Å². The SMILES string of the molecule is CC(OCCO)n1cc(Cc2ccccc2)c(=O)[nH]c1=O. The van der Waals surface area contributed by atoms with E-state index in [1.165, 1.54) is 10.8 Å². The molecular formula is C15H18N2O4. The van der Waals surface area contributed by atoms with Crippen molar-refractivity contribution in [2.75, 3.05) is 13.2 Å². The number of aromatic amines is 1. The number of aliphatic hydroxyl groups excluding tert-OH is 1. The number of nitrogens with one attached hydrogen (secondary N) is 1. The molecule has 0 saturated carbocycles. The second-order valence-electron chi connectivity index (χ2n) is 4.68. The molecule has 6 nitrogen and oxygen atoms in total. The Balaban J connectivity index is 2.30. The molecule has 1 heterocycles. The van der Waals surface area contributed by atoms with Gasteiger partial charge in [-0.15, -0.1) is 0 Å². The Morgan fingerprint density at radius 3 is 2.67 bits per heavy atom. The summed E-state index contributed by atoms with van der Waals surface area (Å²) in [6.07, 6.45) is 1.38. The van der Waals surface area contributed by atoms with Crippen molar-refractivity contribution in [1.82, 2.24) is 9.55 Å². The minimum atomic E-state index is -0.559. The van der Waals surface area contributed by atoms with Gasteiger partial charge < -0.3 is 9.84 Å². The Labute approximate surface area is 121 Å². The molecule has 1 aromatic carbocycles. The summed E-state index contributed by atoms with van der Waals surface area (Å²) in [6.45, 7) is 1.68. The van der Waals surface area contributed by atoms with Gasteiger partial charge in [0.2, 0.25) is 0 Å². The highest BCUT2D eigenvalue weighted by atomic mass is 16.5. The van der Waals surface area contributed by atoms with E-state index in [0.717, 1.165) is 5.56 Å². The van der Waals surface area contributed by atoms with Crippen LogP contribution < -0.4 is 11.2 Å². The number of H-pyrrole nitrogens is 1. The molecule has 2 aromatic rings. The molecule has 6 heteroatoms. The Morgan fingerprint density at radius 2 is 2.00 bits per heavy atom. The molecule has 2 N–H and O–H groups in total. The number of hydrogen-bond acceptors (Lipinski definition) is 4. The molecule has 1 atom stereocenters. The number of hydrogen-bond donors (Lipinski definition) is 2. The highest BCUT2D eigenvalue weighted by Gasteiger charge is 2.11. The third kappa shape index (κ3) is 3.90. The van der Waals surface area contributed by atoms with Crippen molar-refractivity contribution in [2.24, 2.45) is 0 Å². The fourth-order valence-electron chi connectivity index (χ4n) is 2.04. The number of ether oxygens (including phenoxy) is 1. The summed E-state index contributed by atoms with van der Waals surface area (Å²) in [6, 6.07) is 9.53. The molecule has 0 bridgehead atoms. The lowest BCUT2D eigenvalue weighted by Crippen LogP contribution is -2.34. The van der Waals surface area contributed by atoms with E-state index in [9.17, 15) is 9.59 Å². The molecular weight excluding hydrogens is 272 g/mol. The molecule has 0 amide bonds. The van der Waals surface area contributed by atoms with E-state index in [0.29, 0.717) is 12.0 Å². The van der Waals surface area contributed by atoms with Gasteiger partial charge in [0.25, 0.3) is 5.56 Å². The van der Waals surface area contributed by atoms with Crippen LogP contribution in [0, 0.1) is 0 Å². The van der Waals surface area contributed by atoms with Crippen molar-refractivity contribution in [3.05, 3.63) is 68.5 Å². The second kappa shape index (κ2) is 7.01. The monoisotopic (exact) mass is 290 g/mol. The lowest BCUT2D eigenvalue weighted by atomic mass is 10.1. The van der Waals surface area contributed by atoms with Crippen molar-refractivity contribution in [3.63, 3.8) is 0 Å². The van der Waals surface area contributed by atoms with Gasteiger partial charge in [-0.05, 0) is 12.5 Å². The predicted molar refractivity (Wildman–Crippen MR) is 78.3 cm³/mol. The van der Waals surface area contributed by atoms with Crippen LogP contribution in [0.2, 0.25) is 0 Å². The number of benzene rings is 1. The van der Waals surface area contributed by atoms with E-state index in [1.54, 1.807) is 6.92 Å². The number of aliphatic hydroxyl groups is 1. The Kier molecular flexibility index (Phi) is 5.08. The molecule has 1 unspecified atom stereocenters. The Morgan fingerprint density at radius 1 is 1.29 bits per heavy atom. The van der Waals surface area contributed by atoms with E-state index in [4.69, 9.17) is 9.84 Å². The Bertz CT molecular complexity index is 691. The standard InChI is InChI=1S/C15H18N2O4/c1-11(21-8-7-18)17-10-13(14(19)16-15(17)20)9-12-5-3-2-4-6-12/h2-6,10-11,18H,7-9H2,1H3,(H,16,19,20). The summed E-state index contributed by atoms with van der Waals surface area (Å²) in [7, 11) is 0. The van der Waals surface area contributed by atoms with Crippen molar-refractivity contribution in [3.8, 4) is 0 Å². The number of nitrogens with zero attached hydrogens (tertiary/aromatic N) is 1. The lowest BCUT2D eigenvalue weighted by molar-refractivity contribution is -0.00583. The van der Waals surface area contributed by atoms with Crippen LogP contribution in [0.3, 0.4) is 0 Å². The third-order valence-electron chi connectivity index (χ3n) is 3.12. The summed E-state index contributed by atoms with van der Waals surface area (Å²) in [5.41, 5.74) is 0.550. The maximum atomic E-state index is 11.9. The average molecular weight is 290 g/mol. The van der Waals surface area contributed by atoms with E-state index >= 15 is 0 Å². The van der Waals surface area contributed by atoms with Crippen LogP contribution >= 0.6 is 0 Å². The largest absolute Gasteiger partial charge is 0.394 e. The molecule has 0 aliphatic rings. The second-order valence-corrected chi connectivity index (χ2v) is 4.68. The zero-order chi connectivity index (χ0) is 15.2. The van der Waals surface area contributed by atoms with Gasteiger partial charge in [-0.2, -0.15) is 0 Å². The van der Waals surface area contributed by atoms with Gasteiger partial charge in [0.05, 0.1) is 13.2 Å². The molecule has 21 heavy (non-hydrogen) atoms. The fraction of sp³-hybridized carbons (Fsp3) is 0.333. The number of aromatic nitrogens is 2. The molecule has 0 radical (unpaired) electrons. The summed E-state index contributed by atoms with van der Waals surface area (Å²) < 4.78 is 6.61. The zero-order valence-corrected chi connectivity index (χ0v) is 11.8. The van der Waals surface area contributed by atoms with Gasteiger partial charge in [0.15, 0.2) is 0 Å². The molecule has 0 spiro atoms. The van der Waals surface area contributed by atoms with Crippen LogP contribution in [0.25, 0.3) is 0 Å². The summed E-state index contributed by atoms with van der Waals surface area (Å²) in [4.78, 5) is 26.0. The van der Waals surface area contributed by atoms with Crippen molar-refractivity contribution >= 4 is 0 Å². The predicted octanol–water partition coefficient (Wildman–Crippen LogP) is 0.655. The van der Waals surface area contributed by atoms with Gasteiger partial charge in [0, 0.05) is 18.2 Å². The first-order valence-electron chi connectivity index (χ1n) is 6.72. The minimum absolute atomic E-state index is 0.126. The highest BCUT2D eigenvalue weighted by Crippen LogP contribution is 2.07. The number of rotatable bonds is 6. The lowest BCUT2D eigenvalue weighted by Gasteiger charge is -2.15. The maximum absolute atomic E-state index is 11.9. The fourth-order valence-corrected chi connectivity index (χ4v) is 2.04. The van der Waals surface area contributed by atoms with Crippen LogP contribution in [0.5, 0.6) is 0 Å². The maximum Gasteiger partial charge on any atom is 0.330 e. The quantitative estimate of drug-likeness (QED) is 0.818. The minimum Gasteiger partial charge on any atom is -0.394 e. The first-order valence-corrected chi connectivity index (χ1v) is 6.72. The van der Waals surface area contributed by atoms with E-state index in [2.05, 4.69) is 4.98 Å². The normalized spacial score (nSPS) is 12.3. The van der Waals surface area contributed by atoms with E-state index in [1.807, 2.05) is 30.3 Å². The molecule has 1 aromatic heterocycles. The van der Waals surface area contributed by atoms with Crippen molar-refractivity contribution in [1.29, 1.82) is 0 Å². The topological polar surface area (TPSA) is 84.3 Å². The van der Waals surface area contributed by atoms with Crippen LogP contribution in [0.15, 0.2) is 46.1 Å². The summed E-state index contributed by atoms with van der Waals surface area (Å²) in [5, 5.41) is 8.75. The van der Waals surface area contributed by atoms with Gasteiger partial charge in [0.1, 0.15) is 6.23 Å². The van der Waals surface area contributed by atoms with E-state index < -0.39 is 17.5 Å². The first kappa shape index (κ1) is 15.2. The smallest absolute Gasteiger partial charge is 0.330 e. The third-order valence-corrected chi connectivity index (χ3v) is 3.12. The molecule has 0 aliphatic carbocycles. The van der Waals surface area contributed by atoms with Crippen LogP contribution in [-0.4, -0.2) is 27.9 Å². The highest BCUT2D eigenvalue weighted by molar-refractivity contribution is 5.22. The van der Waals surface area contributed by atoms with Crippen LogP contribution in [-0.2, 0) is 11.2 Å². The molecule has 0 fully saturated rings. The van der Waals surface area contributed by atoms with E-state index in [-0.39, 0.29) is 13.2 Å². The first-order chi connectivity index (χ1) is 10.1. The van der Waals surface area contributed by atoms with Gasteiger partial charge in [-0.25, -0.2) is 4.79 Å². The molecule has 0 aliphatic heterocycles. The van der Waals surface area contributed by atoms with Gasteiger partial charge >= 0.3 is 5.69 Å². The molecule has 0 saturated heterocycles. The molecule has 2 rings (SSSR count).